The van der Waals surface area contributed by atoms with Gasteiger partial charge in [0.15, 0.2) is 6.29 Å². The van der Waals surface area contributed by atoms with Crippen molar-refractivity contribution in [1.29, 1.82) is 0 Å². The van der Waals surface area contributed by atoms with Gasteiger partial charge >= 0.3 is 0 Å². The molecule has 0 aromatic heterocycles. The van der Waals surface area contributed by atoms with Crippen LogP contribution in [-0.4, -0.2) is 23.9 Å². The van der Waals surface area contributed by atoms with Crippen molar-refractivity contribution in [3.63, 3.8) is 0 Å². The Morgan fingerprint density at radius 2 is 1.24 bits per heavy atom. The molecule has 0 aromatic carbocycles. The first-order valence-electron chi connectivity index (χ1n) is 10.8. The van der Waals surface area contributed by atoms with Gasteiger partial charge in [0.2, 0.25) is 0 Å². The Morgan fingerprint density at radius 1 is 0.680 bits per heavy atom. The standard InChI is InChI=1S/C22H43IO2/c1-3-5-16-20-24-22(25-21-17-6-4-2)18-14-12-10-8-7-9-11-13-15-19-23/h11,13,22H,3-10,12,14-21H2,1-2H3/b13-11+. The predicted molar refractivity (Wildman–Crippen MR) is 120 cm³/mol. The Bertz CT molecular complexity index is 257. The first kappa shape index (κ1) is 25.4. The first-order valence-corrected chi connectivity index (χ1v) is 12.3. The second-order valence-corrected chi connectivity index (χ2v) is 7.96. The van der Waals surface area contributed by atoms with E-state index in [9.17, 15) is 0 Å². The average Bonchev–Trinajstić information content (AvgIpc) is 2.63. The monoisotopic (exact) mass is 466 g/mol. The predicted octanol–water partition coefficient (Wildman–Crippen LogP) is 7.84. The van der Waals surface area contributed by atoms with Crippen molar-refractivity contribution in [3.8, 4) is 0 Å². The molecule has 0 aromatic rings. The Morgan fingerprint density at radius 3 is 1.84 bits per heavy atom. The molecule has 0 saturated carbocycles. The van der Waals surface area contributed by atoms with Gasteiger partial charge in [-0.3, -0.25) is 0 Å². The lowest BCUT2D eigenvalue weighted by Crippen LogP contribution is -2.19. The third-order valence-corrected chi connectivity index (χ3v) is 4.98. The van der Waals surface area contributed by atoms with E-state index in [2.05, 4.69) is 48.6 Å². The van der Waals surface area contributed by atoms with Crippen molar-refractivity contribution in [2.24, 2.45) is 0 Å². The maximum Gasteiger partial charge on any atom is 0.157 e. The van der Waals surface area contributed by atoms with Crippen molar-refractivity contribution in [2.75, 3.05) is 17.6 Å². The Balaban J connectivity index is 3.66. The summed E-state index contributed by atoms with van der Waals surface area (Å²) in [6.07, 6.45) is 22.2. The fourth-order valence-electron chi connectivity index (χ4n) is 2.75. The fourth-order valence-corrected chi connectivity index (χ4v) is 3.11. The zero-order valence-corrected chi connectivity index (χ0v) is 19.1. The van der Waals surface area contributed by atoms with Gasteiger partial charge in [-0.05, 0) is 44.9 Å². The summed E-state index contributed by atoms with van der Waals surface area (Å²) >= 11 is 2.43. The summed E-state index contributed by atoms with van der Waals surface area (Å²) in [6, 6.07) is 0. The van der Waals surface area contributed by atoms with Crippen molar-refractivity contribution in [3.05, 3.63) is 12.2 Å². The Kier molecular flexibility index (Phi) is 22.8. The summed E-state index contributed by atoms with van der Waals surface area (Å²) in [5.41, 5.74) is 0. The van der Waals surface area contributed by atoms with Crippen LogP contribution < -0.4 is 0 Å². The van der Waals surface area contributed by atoms with Gasteiger partial charge in [0.25, 0.3) is 0 Å². The number of ether oxygens (including phenoxy) is 2. The molecule has 25 heavy (non-hydrogen) atoms. The quantitative estimate of drug-likeness (QED) is 0.0598. The van der Waals surface area contributed by atoms with Gasteiger partial charge in [-0.2, -0.15) is 0 Å². The van der Waals surface area contributed by atoms with E-state index in [0.717, 1.165) is 32.5 Å². The molecule has 0 heterocycles. The van der Waals surface area contributed by atoms with Crippen LogP contribution in [0.1, 0.15) is 104 Å². The largest absolute Gasteiger partial charge is 0.353 e. The van der Waals surface area contributed by atoms with Crippen molar-refractivity contribution >= 4 is 22.6 Å². The van der Waals surface area contributed by atoms with Crippen LogP contribution in [0, 0.1) is 0 Å². The molecule has 0 aliphatic carbocycles. The van der Waals surface area contributed by atoms with E-state index in [1.165, 1.54) is 75.1 Å². The van der Waals surface area contributed by atoms with Gasteiger partial charge in [0, 0.05) is 17.6 Å². The van der Waals surface area contributed by atoms with E-state index in [0.29, 0.717) is 0 Å². The Labute approximate surface area is 171 Å². The Hall–Kier alpha value is 0.390. The third-order valence-electron chi connectivity index (χ3n) is 4.36. The highest BCUT2D eigenvalue weighted by atomic mass is 127. The SMILES string of the molecule is CCCCCOC(CCCCCCC/C=C/CCI)OCCCCC. The van der Waals surface area contributed by atoms with E-state index in [-0.39, 0.29) is 6.29 Å². The molecule has 0 N–H and O–H groups in total. The van der Waals surface area contributed by atoms with Crippen LogP contribution in [0.25, 0.3) is 0 Å². The third kappa shape index (κ3) is 20.6. The van der Waals surface area contributed by atoms with E-state index in [4.69, 9.17) is 9.47 Å². The van der Waals surface area contributed by atoms with Gasteiger partial charge < -0.3 is 9.47 Å². The number of halogens is 1. The average molecular weight is 466 g/mol. The van der Waals surface area contributed by atoms with Crippen molar-refractivity contribution in [2.45, 2.75) is 110 Å². The van der Waals surface area contributed by atoms with E-state index in [1.807, 2.05) is 0 Å². The molecule has 0 aliphatic rings. The molecule has 0 atom stereocenters. The molecule has 3 heteroatoms. The van der Waals surface area contributed by atoms with Crippen LogP contribution in [-0.2, 0) is 9.47 Å². The molecule has 0 bridgehead atoms. The minimum absolute atomic E-state index is 0.0323. The van der Waals surface area contributed by atoms with Gasteiger partial charge in [-0.1, -0.05) is 93.5 Å². The fraction of sp³-hybridized carbons (Fsp3) is 0.909. The normalized spacial score (nSPS) is 11.8. The highest BCUT2D eigenvalue weighted by Gasteiger charge is 2.09. The van der Waals surface area contributed by atoms with E-state index in [1.54, 1.807) is 0 Å². The van der Waals surface area contributed by atoms with Gasteiger partial charge in [0.1, 0.15) is 0 Å². The first-order chi connectivity index (χ1) is 12.3. The topological polar surface area (TPSA) is 18.5 Å². The van der Waals surface area contributed by atoms with Crippen LogP contribution in [0.4, 0.5) is 0 Å². The highest BCUT2D eigenvalue weighted by Crippen LogP contribution is 2.13. The second kappa shape index (κ2) is 22.4. The lowest BCUT2D eigenvalue weighted by atomic mass is 10.1. The molecular weight excluding hydrogens is 423 g/mol. The summed E-state index contributed by atoms with van der Waals surface area (Å²) in [5, 5.41) is 0. The summed E-state index contributed by atoms with van der Waals surface area (Å²) in [6.45, 7) is 6.18. The zero-order valence-electron chi connectivity index (χ0n) is 16.9. The highest BCUT2D eigenvalue weighted by molar-refractivity contribution is 14.1. The number of allylic oxidation sites excluding steroid dienone is 2. The van der Waals surface area contributed by atoms with E-state index < -0.39 is 0 Å². The van der Waals surface area contributed by atoms with Crippen LogP contribution in [0.2, 0.25) is 0 Å². The van der Waals surface area contributed by atoms with Crippen LogP contribution in [0.15, 0.2) is 12.2 Å². The molecule has 0 rings (SSSR count). The minimum atomic E-state index is 0.0323. The number of hydrogen-bond acceptors (Lipinski definition) is 2. The molecule has 0 saturated heterocycles. The number of alkyl halides is 1. The molecule has 150 valence electrons. The number of unbranched alkanes of at least 4 members (excludes halogenated alkanes) is 9. The molecule has 0 fully saturated rings. The molecule has 0 amide bonds. The summed E-state index contributed by atoms with van der Waals surface area (Å²) in [4.78, 5) is 0. The van der Waals surface area contributed by atoms with Crippen LogP contribution in [0.3, 0.4) is 0 Å². The maximum absolute atomic E-state index is 5.98. The second-order valence-electron chi connectivity index (χ2n) is 6.88. The van der Waals surface area contributed by atoms with Crippen LogP contribution in [0.5, 0.6) is 0 Å². The molecular formula is C22H43IO2. The van der Waals surface area contributed by atoms with Gasteiger partial charge in [-0.25, -0.2) is 0 Å². The zero-order chi connectivity index (χ0) is 18.4. The van der Waals surface area contributed by atoms with Gasteiger partial charge in [0.05, 0.1) is 0 Å². The lowest BCUT2D eigenvalue weighted by Gasteiger charge is -2.18. The minimum Gasteiger partial charge on any atom is -0.353 e. The lowest BCUT2D eigenvalue weighted by molar-refractivity contribution is -0.148. The summed E-state index contributed by atoms with van der Waals surface area (Å²) in [5.74, 6) is 0. The number of hydrogen-bond donors (Lipinski definition) is 0. The molecule has 2 nitrogen and oxygen atoms in total. The summed E-state index contributed by atoms with van der Waals surface area (Å²) < 4.78 is 13.2. The molecule has 0 spiro atoms. The molecule has 0 unspecified atom stereocenters. The summed E-state index contributed by atoms with van der Waals surface area (Å²) in [7, 11) is 0. The maximum atomic E-state index is 5.98. The van der Waals surface area contributed by atoms with E-state index >= 15 is 0 Å². The van der Waals surface area contributed by atoms with Gasteiger partial charge in [-0.15, -0.1) is 0 Å². The molecule has 0 radical (unpaired) electrons. The van der Waals surface area contributed by atoms with Crippen LogP contribution >= 0.6 is 22.6 Å². The van der Waals surface area contributed by atoms with Crippen molar-refractivity contribution < 1.29 is 9.47 Å². The smallest absolute Gasteiger partial charge is 0.157 e. The molecule has 0 aliphatic heterocycles. The van der Waals surface area contributed by atoms with Crippen molar-refractivity contribution in [1.82, 2.24) is 0 Å². The number of rotatable bonds is 20.